The lowest BCUT2D eigenvalue weighted by Gasteiger charge is -2.10. The standard InChI is InChI=1S/C15H18N2O/c1-2-3-5-12-7-9-13(10-8-12)17-15(18)14-6-4-11-16-14/h7-10,14,16H,2,4,6,11H2,1H3,(H,17,18). The van der Waals surface area contributed by atoms with Crippen LogP contribution in [-0.2, 0) is 4.79 Å². The molecule has 3 nitrogen and oxygen atoms in total. The van der Waals surface area contributed by atoms with E-state index in [9.17, 15) is 4.79 Å². The van der Waals surface area contributed by atoms with Crippen LogP contribution in [0.3, 0.4) is 0 Å². The molecule has 1 unspecified atom stereocenters. The Morgan fingerprint density at radius 2 is 2.22 bits per heavy atom. The SMILES string of the molecule is CCC#Cc1ccc(NC(=O)C2CCCN2)cc1. The van der Waals surface area contributed by atoms with Gasteiger partial charge in [-0.2, -0.15) is 0 Å². The van der Waals surface area contributed by atoms with Crippen LogP contribution >= 0.6 is 0 Å². The molecule has 1 aromatic rings. The van der Waals surface area contributed by atoms with Gasteiger partial charge in [-0.3, -0.25) is 4.79 Å². The van der Waals surface area contributed by atoms with Gasteiger partial charge in [-0.1, -0.05) is 18.8 Å². The Labute approximate surface area is 108 Å². The van der Waals surface area contributed by atoms with E-state index in [0.717, 1.165) is 37.1 Å². The maximum atomic E-state index is 11.9. The van der Waals surface area contributed by atoms with E-state index in [4.69, 9.17) is 0 Å². The average molecular weight is 242 g/mol. The van der Waals surface area contributed by atoms with Crippen LogP contribution < -0.4 is 10.6 Å². The van der Waals surface area contributed by atoms with Crippen LogP contribution in [0.1, 0.15) is 31.7 Å². The molecule has 0 spiro atoms. The zero-order valence-corrected chi connectivity index (χ0v) is 10.6. The first-order valence-corrected chi connectivity index (χ1v) is 6.43. The molecule has 1 amide bonds. The van der Waals surface area contributed by atoms with E-state index in [-0.39, 0.29) is 11.9 Å². The fourth-order valence-corrected chi connectivity index (χ4v) is 1.97. The number of amides is 1. The maximum Gasteiger partial charge on any atom is 0.241 e. The number of carbonyl (C=O) groups excluding carboxylic acids is 1. The Hall–Kier alpha value is -1.79. The molecule has 18 heavy (non-hydrogen) atoms. The molecule has 0 radical (unpaired) electrons. The monoisotopic (exact) mass is 242 g/mol. The van der Waals surface area contributed by atoms with E-state index in [1.165, 1.54) is 0 Å². The summed E-state index contributed by atoms with van der Waals surface area (Å²) in [6.45, 7) is 2.96. The third kappa shape index (κ3) is 3.35. The fraction of sp³-hybridized carbons (Fsp3) is 0.400. The van der Waals surface area contributed by atoms with Gasteiger partial charge in [0.15, 0.2) is 0 Å². The highest BCUT2D eigenvalue weighted by atomic mass is 16.2. The van der Waals surface area contributed by atoms with Crippen molar-refractivity contribution in [3.8, 4) is 11.8 Å². The van der Waals surface area contributed by atoms with Gasteiger partial charge in [0.2, 0.25) is 5.91 Å². The topological polar surface area (TPSA) is 41.1 Å². The number of nitrogens with one attached hydrogen (secondary N) is 2. The molecule has 1 heterocycles. The van der Waals surface area contributed by atoms with Crippen LogP contribution in [0.4, 0.5) is 5.69 Å². The van der Waals surface area contributed by atoms with Crippen molar-refractivity contribution >= 4 is 11.6 Å². The fourth-order valence-electron chi connectivity index (χ4n) is 1.97. The third-order valence-electron chi connectivity index (χ3n) is 2.94. The van der Waals surface area contributed by atoms with Crippen molar-refractivity contribution in [1.82, 2.24) is 5.32 Å². The molecule has 0 aromatic heterocycles. The van der Waals surface area contributed by atoms with E-state index in [1.54, 1.807) is 0 Å². The minimum Gasteiger partial charge on any atom is -0.325 e. The van der Waals surface area contributed by atoms with Gasteiger partial charge in [0.1, 0.15) is 0 Å². The summed E-state index contributed by atoms with van der Waals surface area (Å²) in [5.74, 6) is 6.13. The second-order valence-electron chi connectivity index (χ2n) is 4.37. The van der Waals surface area contributed by atoms with E-state index < -0.39 is 0 Å². The number of benzene rings is 1. The normalized spacial score (nSPS) is 17.9. The van der Waals surface area contributed by atoms with Gasteiger partial charge in [-0.05, 0) is 43.7 Å². The molecule has 2 rings (SSSR count). The summed E-state index contributed by atoms with van der Waals surface area (Å²) in [5, 5.41) is 6.10. The third-order valence-corrected chi connectivity index (χ3v) is 2.94. The molecule has 0 saturated carbocycles. The second-order valence-corrected chi connectivity index (χ2v) is 4.37. The van der Waals surface area contributed by atoms with Crippen molar-refractivity contribution in [3.63, 3.8) is 0 Å². The molecule has 2 N–H and O–H groups in total. The first-order chi connectivity index (χ1) is 8.79. The lowest BCUT2D eigenvalue weighted by Crippen LogP contribution is -2.35. The number of carbonyl (C=O) groups is 1. The largest absolute Gasteiger partial charge is 0.325 e. The van der Waals surface area contributed by atoms with E-state index in [2.05, 4.69) is 22.5 Å². The lowest BCUT2D eigenvalue weighted by atomic mass is 10.2. The van der Waals surface area contributed by atoms with Gasteiger partial charge < -0.3 is 10.6 Å². The molecule has 1 aliphatic heterocycles. The Morgan fingerprint density at radius 3 is 2.83 bits per heavy atom. The molecule has 0 bridgehead atoms. The van der Waals surface area contributed by atoms with Crippen molar-refractivity contribution < 1.29 is 4.79 Å². The number of hydrogen-bond acceptors (Lipinski definition) is 2. The maximum absolute atomic E-state index is 11.9. The summed E-state index contributed by atoms with van der Waals surface area (Å²) in [7, 11) is 0. The van der Waals surface area contributed by atoms with Crippen LogP contribution in [0.15, 0.2) is 24.3 Å². The van der Waals surface area contributed by atoms with Gasteiger partial charge >= 0.3 is 0 Å². The Balaban J connectivity index is 1.95. The molecule has 1 aromatic carbocycles. The van der Waals surface area contributed by atoms with Crippen molar-refractivity contribution in [3.05, 3.63) is 29.8 Å². The molecule has 3 heteroatoms. The molecule has 1 saturated heterocycles. The second kappa shape index (κ2) is 6.23. The summed E-state index contributed by atoms with van der Waals surface area (Å²) < 4.78 is 0. The van der Waals surface area contributed by atoms with E-state index >= 15 is 0 Å². The quantitative estimate of drug-likeness (QED) is 0.780. The predicted molar refractivity (Wildman–Crippen MR) is 73.3 cm³/mol. The van der Waals surface area contributed by atoms with Crippen molar-refractivity contribution in [1.29, 1.82) is 0 Å². The number of hydrogen-bond donors (Lipinski definition) is 2. The van der Waals surface area contributed by atoms with Gasteiger partial charge in [0, 0.05) is 17.7 Å². The van der Waals surface area contributed by atoms with E-state index in [0.29, 0.717) is 0 Å². The van der Waals surface area contributed by atoms with Crippen LogP contribution in [0.25, 0.3) is 0 Å². The molecular formula is C15H18N2O. The van der Waals surface area contributed by atoms with Gasteiger partial charge in [-0.15, -0.1) is 0 Å². The average Bonchev–Trinajstić information content (AvgIpc) is 2.92. The van der Waals surface area contributed by atoms with E-state index in [1.807, 2.05) is 31.2 Å². The predicted octanol–water partition coefficient (Wildman–Crippen LogP) is 2.14. The number of rotatable bonds is 2. The Morgan fingerprint density at radius 1 is 1.44 bits per heavy atom. The van der Waals surface area contributed by atoms with Gasteiger partial charge in [-0.25, -0.2) is 0 Å². The molecular weight excluding hydrogens is 224 g/mol. The van der Waals surface area contributed by atoms with Crippen LogP contribution in [0.5, 0.6) is 0 Å². The highest BCUT2D eigenvalue weighted by Crippen LogP contribution is 2.12. The van der Waals surface area contributed by atoms with Crippen LogP contribution in [-0.4, -0.2) is 18.5 Å². The zero-order valence-electron chi connectivity index (χ0n) is 10.6. The van der Waals surface area contributed by atoms with Gasteiger partial charge in [0.05, 0.1) is 6.04 Å². The smallest absolute Gasteiger partial charge is 0.241 e. The minimum atomic E-state index is -0.0374. The van der Waals surface area contributed by atoms with Crippen molar-refractivity contribution in [2.45, 2.75) is 32.2 Å². The Kier molecular flexibility index (Phi) is 4.38. The minimum absolute atomic E-state index is 0.0374. The van der Waals surface area contributed by atoms with Gasteiger partial charge in [0.25, 0.3) is 0 Å². The number of anilines is 1. The van der Waals surface area contributed by atoms with Crippen molar-refractivity contribution in [2.75, 3.05) is 11.9 Å². The molecule has 1 aliphatic rings. The molecule has 1 fully saturated rings. The molecule has 94 valence electrons. The summed E-state index contributed by atoms with van der Waals surface area (Å²) >= 11 is 0. The summed E-state index contributed by atoms with van der Waals surface area (Å²) in [4.78, 5) is 11.9. The highest BCUT2D eigenvalue weighted by Gasteiger charge is 2.21. The summed E-state index contributed by atoms with van der Waals surface area (Å²) in [6.07, 6.45) is 2.85. The highest BCUT2D eigenvalue weighted by molar-refractivity contribution is 5.95. The Bertz CT molecular complexity index is 462. The summed E-state index contributed by atoms with van der Waals surface area (Å²) in [6, 6.07) is 7.62. The molecule has 1 atom stereocenters. The van der Waals surface area contributed by atoms with Crippen LogP contribution in [0.2, 0.25) is 0 Å². The zero-order chi connectivity index (χ0) is 12.8. The van der Waals surface area contributed by atoms with Crippen molar-refractivity contribution in [2.24, 2.45) is 0 Å². The lowest BCUT2D eigenvalue weighted by molar-refractivity contribution is -0.117. The first kappa shape index (κ1) is 12.7. The van der Waals surface area contributed by atoms with Crippen LogP contribution in [0, 0.1) is 11.8 Å². The summed E-state index contributed by atoms with van der Waals surface area (Å²) in [5.41, 5.74) is 1.81. The first-order valence-electron chi connectivity index (χ1n) is 6.43. The molecule has 0 aliphatic carbocycles.